The van der Waals surface area contributed by atoms with Crippen molar-refractivity contribution < 1.29 is 31.9 Å². The molecule has 0 saturated carbocycles. The molecule has 3 aromatic rings. The Morgan fingerprint density at radius 3 is 2.27 bits per heavy atom. The molecule has 2 aliphatic rings. The van der Waals surface area contributed by atoms with E-state index in [-0.39, 0.29) is 21.9 Å². The van der Waals surface area contributed by atoms with Gasteiger partial charge in [-0.05, 0) is 48.4 Å². The second-order valence-electron chi connectivity index (χ2n) is 8.54. The van der Waals surface area contributed by atoms with Gasteiger partial charge in [-0.1, -0.05) is 42.0 Å². The van der Waals surface area contributed by atoms with Crippen LogP contribution in [-0.4, -0.2) is 43.8 Å². The summed E-state index contributed by atoms with van der Waals surface area (Å²) in [6.07, 6.45) is 3.65. The topological polar surface area (TPSA) is 106 Å². The maximum absolute atomic E-state index is 14.4. The summed E-state index contributed by atoms with van der Waals surface area (Å²) < 4.78 is 45.8. The van der Waals surface area contributed by atoms with Crippen molar-refractivity contribution in [1.29, 1.82) is 0 Å². The number of esters is 2. The first-order valence-electron chi connectivity index (χ1n) is 11.4. The number of carbonyl (C=O) groups is 2. The Labute approximate surface area is 214 Å². The van der Waals surface area contributed by atoms with E-state index in [1.165, 1.54) is 34.7 Å². The third-order valence-electron chi connectivity index (χ3n) is 6.43. The van der Waals surface area contributed by atoms with Gasteiger partial charge in [-0.15, -0.1) is 0 Å². The van der Waals surface area contributed by atoms with Crippen LogP contribution >= 0.6 is 0 Å². The molecule has 0 fully saturated rings. The van der Waals surface area contributed by atoms with Crippen molar-refractivity contribution >= 4 is 28.0 Å². The molecule has 0 amide bonds. The predicted octanol–water partition coefficient (Wildman–Crippen LogP) is 3.92. The highest BCUT2D eigenvalue weighted by Crippen LogP contribution is 2.51. The van der Waals surface area contributed by atoms with Gasteiger partial charge in [0.15, 0.2) is 0 Å². The van der Waals surface area contributed by atoms with Gasteiger partial charge < -0.3 is 18.8 Å². The molecule has 2 aliphatic heterocycles. The molecule has 0 aliphatic carbocycles. The number of carbonyl (C=O) groups excluding carboxylic acids is 2. The molecule has 0 bridgehead atoms. The fraction of sp³-hybridized carbons (Fsp3) is 0.185. The van der Waals surface area contributed by atoms with E-state index in [0.29, 0.717) is 5.56 Å². The molecule has 0 unspecified atom stereocenters. The molecule has 190 valence electrons. The highest BCUT2D eigenvalue weighted by atomic mass is 32.2. The van der Waals surface area contributed by atoms with Crippen molar-refractivity contribution in [2.45, 2.75) is 24.0 Å². The van der Waals surface area contributed by atoms with Crippen molar-refractivity contribution in [1.82, 2.24) is 9.21 Å². The molecular formula is C27H24N2O7S. The van der Waals surface area contributed by atoms with Crippen LogP contribution in [0.15, 0.2) is 93.7 Å². The van der Waals surface area contributed by atoms with Crippen LogP contribution in [0.4, 0.5) is 0 Å². The van der Waals surface area contributed by atoms with Crippen molar-refractivity contribution in [3.05, 3.63) is 107 Å². The number of fused-ring (bicyclic) bond motifs is 3. The van der Waals surface area contributed by atoms with Crippen LogP contribution in [0.1, 0.15) is 34.7 Å². The number of methoxy groups -OCH3 is 2. The van der Waals surface area contributed by atoms with E-state index in [0.717, 1.165) is 18.2 Å². The number of hydrogen-bond acceptors (Lipinski definition) is 8. The number of aryl methyl sites for hydroxylation is 1. The maximum atomic E-state index is 14.4. The van der Waals surface area contributed by atoms with Gasteiger partial charge in [0, 0.05) is 6.20 Å². The zero-order valence-corrected chi connectivity index (χ0v) is 21.1. The number of furan rings is 1. The summed E-state index contributed by atoms with van der Waals surface area (Å²) >= 11 is 0. The number of nitrogens with zero attached hydrogens (tertiary/aromatic N) is 2. The first-order valence-corrected chi connectivity index (χ1v) is 12.8. The van der Waals surface area contributed by atoms with E-state index in [2.05, 4.69) is 0 Å². The quantitative estimate of drug-likeness (QED) is 0.466. The lowest BCUT2D eigenvalue weighted by molar-refractivity contribution is -0.143. The van der Waals surface area contributed by atoms with Crippen molar-refractivity contribution in [3.8, 4) is 0 Å². The summed E-state index contributed by atoms with van der Waals surface area (Å²) in [7, 11) is -1.94. The van der Waals surface area contributed by atoms with Crippen LogP contribution in [0, 0.1) is 6.92 Å². The van der Waals surface area contributed by atoms with Gasteiger partial charge in [0.05, 0.1) is 31.0 Å². The van der Waals surface area contributed by atoms with Gasteiger partial charge in [0.1, 0.15) is 23.7 Å². The molecule has 0 radical (unpaired) electrons. The van der Waals surface area contributed by atoms with Crippen LogP contribution in [-0.2, 0) is 29.1 Å². The molecule has 0 N–H and O–H groups in total. The largest absolute Gasteiger partial charge is 0.467 e. The van der Waals surface area contributed by atoms with Gasteiger partial charge in [-0.2, -0.15) is 4.31 Å². The molecule has 37 heavy (non-hydrogen) atoms. The van der Waals surface area contributed by atoms with E-state index >= 15 is 0 Å². The normalized spacial score (nSPS) is 19.3. The summed E-state index contributed by atoms with van der Waals surface area (Å²) in [5.74, 6) is -1.57. The summed E-state index contributed by atoms with van der Waals surface area (Å²) in [4.78, 5) is 27.9. The SMILES string of the molecule is COC(=O)C1=C(C(=O)OC)N2C=Cc3ccccc3[C@@H]2N(S(=O)(=O)c2ccc(C)cc2)[C@H]1c1ccco1. The third kappa shape index (κ3) is 3.94. The summed E-state index contributed by atoms with van der Waals surface area (Å²) in [5, 5.41) is 0. The minimum Gasteiger partial charge on any atom is -0.467 e. The van der Waals surface area contributed by atoms with Crippen molar-refractivity contribution in [2.24, 2.45) is 0 Å². The zero-order valence-electron chi connectivity index (χ0n) is 20.3. The van der Waals surface area contributed by atoms with Crippen LogP contribution in [0.5, 0.6) is 0 Å². The Hall–Kier alpha value is -4.15. The molecule has 2 aromatic carbocycles. The number of rotatable bonds is 5. The van der Waals surface area contributed by atoms with Crippen LogP contribution in [0.2, 0.25) is 0 Å². The molecule has 0 saturated heterocycles. The summed E-state index contributed by atoms with van der Waals surface area (Å²) in [6, 6.07) is 15.5. The lowest BCUT2D eigenvalue weighted by Gasteiger charge is -2.48. The Balaban J connectivity index is 1.89. The van der Waals surface area contributed by atoms with Gasteiger partial charge >= 0.3 is 11.9 Å². The summed E-state index contributed by atoms with van der Waals surface area (Å²) in [6.45, 7) is 1.85. The van der Waals surface area contributed by atoms with E-state index in [1.54, 1.807) is 48.7 Å². The predicted molar refractivity (Wildman–Crippen MR) is 133 cm³/mol. The molecular weight excluding hydrogens is 496 g/mol. The number of ether oxygens (including phenoxy) is 2. The fourth-order valence-electron chi connectivity index (χ4n) is 4.73. The van der Waals surface area contributed by atoms with Gasteiger partial charge in [0.2, 0.25) is 10.0 Å². The van der Waals surface area contributed by atoms with E-state index in [9.17, 15) is 18.0 Å². The summed E-state index contributed by atoms with van der Waals surface area (Å²) in [5.41, 5.74) is 1.90. The Bertz CT molecular complexity index is 1520. The number of sulfonamides is 1. The lowest BCUT2D eigenvalue weighted by atomic mass is 9.92. The van der Waals surface area contributed by atoms with Gasteiger partial charge in [-0.3, -0.25) is 0 Å². The molecule has 10 heteroatoms. The number of benzene rings is 2. The third-order valence-corrected chi connectivity index (χ3v) is 8.26. The highest BCUT2D eigenvalue weighted by molar-refractivity contribution is 7.89. The van der Waals surface area contributed by atoms with E-state index in [1.807, 2.05) is 19.1 Å². The lowest BCUT2D eigenvalue weighted by Crippen LogP contribution is -2.52. The molecule has 3 heterocycles. The van der Waals surface area contributed by atoms with E-state index < -0.39 is 34.2 Å². The molecule has 9 nitrogen and oxygen atoms in total. The number of hydrogen-bond donors (Lipinski definition) is 0. The van der Waals surface area contributed by atoms with E-state index in [4.69, 9.17) is 13.9 Å². The second kappa shape index (κ2) is 9.38. The monoisotopic (exact) mass is 520 g/mol. The second-order valence-corrected chi connectivity index (χ2v) is 10.4. The molecule has 1 aromatic heterocycles. The smallest absolute Gasteiger partial charge is 0.355 e. The fourth-order valence-corrected chi connectivity index (χ4v) is 6.42. The molecule has 2 atom stereocenters. The first-order chi connectivity index (χ1) is 17.8. The average molecular weight is 521 g/mol. The Morgan fingerprint density at radius 1 is 0.919 bits per heavy atom. The zero-order chi connectivity index (χ0) is 26.3. The molecule has 5 rings (SSSR count). The minimum absolute atomic E-state index is 0.0207. The van der Waals surface area contributed by atoms with Crippen LogP contribution in [0.25, 0.3) is 6.08 Å². The maximum Gasteiger partial charge on any atom is 0.355 e. The molecule has 0 spiro atoms. The first kappa shape index (κ1) is 24.5. The Kier molecular flexibility index (Phi) is 6.22. The minimum atomic E-state index is -4.29. The standard InChI is InChI=1S/C27H24N2O7S/c1-17-10-12-19(13-11-17)37(32,33)29-23(21-9-6-16-36-21)22(26(30)34-2)24(27(31)35-3)28-15-14-18-7-4-5-8-20(18)25(28)29/h4-16,23,25H,1-3H3/t23-,25-/m0/s1. The Morgan fingerprint density at radius 2 is 1.62 bits per heavy atom. The van der Waals surface area contributed by atoms with Gasteiger partial charge in [0.25, 0.3) is 0 Å². The average Bonchev–Trinajstić information content (AvgIpc) is 3.45. The van der Waals surface area contributed by atoms with Gasteiger partial charge in [-0.25, -0.2) is 18.0 Å². The highest BCUT2D eigenvalue weighted by Gasteiger charge is 2.54. The van der Waals surface area contributed by atoms with Crippen molar-refractivity contribution in [3.63, 3.8) is 0 Å². The van der Waals surface area contributed by atoms with Crippen LogP contribution in [0.3, 0.4) is 0 Å². The van der Waals surface area contributed by atoms with Crippen LogP contribution < -0.4 is 0 Å². The van der Waals surface area contributed by atoms with Crippen molar-refractivity contribution in [2.75, 3.05) is 14.2 Å².